The van der Waals surface area contributed by atoms with Crippen LogP contribution in [0.15, 0.2) is 23.3 Å². The zero-order valence-electron chi connectivity index (χ0n) is 10.0. The molecule has 2 unspecified atom stereocenters. The van der Waals surface area contributed by atoms with Crippen molar-refractivity contribution in [3.05, 3.63) is 24.0 Å². The van der Waals surface area contributed by atoms with Crippen LogP contribution in [0.3, 0.4) is 0 Å². The van der Waals surface area contributed by atoms with Gasteiger partial charge in [-0.25, -0.2) is 0 Å². The molecule has 0 saturated heterocycles. The third kappa shape index (κ3) is 2.32. The molecule has 1 saturated carbocycles. The Balaban J connectivity index is 1.76. The molecule has 3 nitrogen and oxygen atoms in total. The van der Waals surface area contributed by atoms with Gasteiger partial charge in [-0.15, -0.1) is 0 Å². The number of pyridine rings is 1. The molecule has 17 heavy (non-hydrogen) atoms. The van der Waals surface area contributed by atoms with Crippen LogP contribution in [0.2, 0.25) is 0 Å². The van der Waals surface area contributed by atoms with Crippen molar-refractivity contribution in [2.24, 2.45) is 10.9 Å². The Labute approximate surface area is 106 Å². The fourth-order valence-electron chi connectivity index (χ4n) is 2.56. The van der Waals surface area contributed by atoms with Gasteiger partial charge in [0.05, 0.1) is 17.4 Å². The summed E-state index contributed by atoms with van der Waals surface area (Å²) in [6, 6.07) is 4.59. The Hall–Kier alpha value is -1.03. The van der Waals surface area contributed by atoms with E-state index in [9.17, 15) is 0 Å². The maximum Gasteiger partial charge on any atom is 0.161 e. The Morgan fingerprint density at radius 1 is 1.41 bits per heavy atom. The van der Waals surface area contributed by atoms with E-state index in [1.54, 1.807) is 0 Å². The molecule has 0 amide bonds. The Bertz CT molecular complexity index is 444. The van der Waals surface area contributed by atoms with Crippen molar-refractivity contribution < 1.29 is 0 Å². The van der Waals surface area contributed by atoms with E-state index in [1.807, 2.05) is 30.9 Å². The molecule has 90 valence electrons. The number of rotatable bonds is 1. The summed E-state index contributed by atoms with van der Waals surface area (Å²) < 4.78 is 0. The van der Waals surface area contributed by atoms with Gasteiger partial charge in [0.2, 0.25) is 0 Å². The third-order valence-corrected chi connectivity index (χ3v) is 4.66. The second-order valence-corrected chi connectivity index (χ2v) is 5.77. The molecular formula is C13H17N3S. The van der Waals surface area contributed by atoms with Crippen LogP contribution < -0.4 is 5.32 Å². The molecular weight excluding hydrogens is 230 g/mol. The molecule has 1 aromatic rings. The minimum absolute atomic E-state index is 0.565. The lowest BCUT2D eigenvalue weighted by Gasteiger charge is -2.23. The van der Waals surface area contributed by atoms with Crippen LogP contribution in [0.1, 0.15) is 25.0 Å². The van der Waals surface area contributed by atoms with Crippen molar-refractivity contribution in [2.75, 3.05) is 11.1 Å². The fraction of sp³-hybridized carbons (Fsp3) is 0.538. The van der Waals surface area contributed by atoms with E-state index in [1.165, 1.54) is 25.0 Å². The van der Waals surface area contributed by atoms with Gasteiger partial charge in [0, 0.05) is 11.9 Å². The van der Waals surface area contributed by atoms with Crippen molar-refractivity contribution in [3.8, 4) is 0 Å². The van der Waals surface area contributed by atoms with Crippen molar-refractivity contribution in [1.29, 1.82) is 0 Å². The quantitative estimate of drug-likeness (QED) is 0.828. The predicted molar refractivity (Wildman–Crippen MR) is 73.6 cm³/mol. The van der Waals surface area contributed by atoms with Crippen molar-refractivity contribution in [2.45, 2.75) is 32.2 Å². The molecule has 1 aliphatic heterocycles. The van der Waals surface area contributed by atoms with Gasteiger partial charge < -0.3 is 5.32 Å². The van der Waals surface area contributed by atoms with Crippen LogP contribution in [0, 0.1) is 12.8 Å². The lowest BCUT2D eigenvalue weighted by atomic mass is 10.1. The highest BCUT2D eigenvalue weighted by molar-refractivity contribution is 8.14. The maximum absolute atomic E-state index is 4.82. The molecule has 2 aliphatic rings. The number of hydrogen-bond donors (Lipinski definition) is 1. The smallest absolute Gasteiger partial charge is 0.161 e. The van der Waals surface area contributed by atoms with Gasteiger partial charge in [-0.2, -0.15) is 0 Å². The van der Waals surface area contributed by atoms with Crippen molar-refractivity contribution in [1.82, 2.24) is 4.98 Å². The molecule has 1 N–H and O–H groups in total. The summed E-state index contributed by atoms with van der Waals surface area (Å²) in [5.41, 5.74) is 2.11. The first-order chi connectivity index (χ1) is 8.33. The number of aromatic nitrogens is 1. The maximum atomic E-state index is 4.82. The van der Waals surface area contributed by atoms with E-state index < -0.39 is 0 Å². The third-order valence-electron chi connectivity index (χ3n) is 3.58. The number of amidine groups is 1. The zero-order valence-corrected chi connectivity index (χ0v) is 10.8. The van der Waals surface area contributed by atoms with Crippen LogP contribution in [0.25, 0.3) is 0 Å². The number of aliphatic imine (C=N–C) groups is 1. The number of nitrogens with zero attached hydrogens (tertiary/aromatic N) is 2. The predicted octanol–water partition coefficient (Wildman–Crippen LogP) is 3.07. The second-order valence-electron chi connectivity index (χ2n) is 4.76. The van der Waals surface area contributed by atoms with Crippen LogP contribution in [-0.4, -0.2) is 21.9 Å². The number of nitrogens with one attached hydrogen (secondary N) is 1. The summed E-state index contributed by atoms with van der Waals surface area (Å²) in [6.45, 7) is 2.02. The highest BCUT2D eigenvalue weighted by Gasteiger charge is 2.30. The van der Waals surface area contributed by atoms with E-state index in [4.69, 9.17) is 4.99 Å². The van der Waals surface area contributed by atoms with E-state index in [-0.39, 0.29) is 0 Å². The normalized spacial score (nSPS) is 27.5. The SMILES string of the molecule is Cc1ncccc1NC1=NC2CCCC2CS1. The van der Waals surface area contributed by atoms with Gasteiger partial charge in [0.1, 0.15) is 0 Å². The first-order valence-corrected chi connectivity index (χ1v) is 7.21. The molecule has 3 rings (SSSR count). The van der Waals surface area contributed by atoms with E-state index in [0.717, 1.165) is 22.5 Å². The van der Waals surface area contributed by atoms with Gasteiger partial charge in [-0.3, -0.25) is 9.98 Å². The molecule has 0 radical (unpaired) electrons. The fourth-order valence-corrected chi connectivity index (χ4v) is 3.71. The average molecular weight is 247 g/mol. The van der Waals surface area contributed by atoms with E-state index in [2.05, 4.69) is 16.4 Å². The minimum Gasteiger partial charge on any atom is -0.333 e. The van der Waals surface area contributed by atoms with Crippen LogP contribution in [0.4, 0.5) is 5.69 Å². The molecule has 1 aliphatic carbocycles. The van der Waals surface area contributed by atoms with Gasteiger partial charge >= 0.3 is 0 Å². The lowest BCUT2D eigenvalue weighted by molar-refractivity contribution is 0.535. The lowest BCUT2D eigenvalue weighted by Crippen LogP contribution is -2.25. The summed E-state index contributed by atoms with van der Waals surface area (Å²) >= 11 is 1.85. The Morgan fingerprint density at radius 3 is 3.24 bits per heavy atom. The minimum atomic E-state index is 0.565. The molecule has 1 aromatic heterocycles. The molecule has 1 fully saturated rings. The summed E-state index contributed by atoms with van der Waals surface area (Å²) in [4.78, 5) is 9.11. The number of thioether (sulfide) groups is 1. The zero-order chi connectivity index (χ0) is 11.7. The molecule has 0 spiro atoms. The molecule has 0 bridgehead atoms. The summed E-state index contributed by atoms with van der Waals surface area (Å²) in [6.07, 6.45) is 5.80. The van der Waals surface area contributed by atoms with Gasteiger partial charge in [0.15, 0.2) is 5.17 Å². The molecule has 0 aromatic carbocycles. The number of aryl methyl sites for hydroxylation is 1. The number of fused-ring (bicyclic) bond motifs is 1. The topological polar surface area (TPSA) is 37.3 Å². The van der Waals surface area contributed by atoms with Gasteiger partial charge in [-0.1, -0.05) is 18.2 Å². The Kier molecular flexibility index (Phi) is 3.05. The van der Waals surface area contributed by atoms with Gasteiger partial charge in [-0.05, 0) is 37.8 Å². The highest BCUT2D eigenvalue weighted by Crippen LogP contribution is 2.35. The van der Waals surface area contributed by atoms with Crippen LogP contribution in [0.5, 0.6) is 0 Å². The van der Waals surface area contributed by atoms with Gasteiger partial charge in [0.25, 0.3) is 0 Å². The highest BCUT2D eigenvalue weighted by atomic mass is 32.2. The van der Waals surface area contributed by atoms with Crippen molar-refractivity contribution in [3.63, 3.8) is 0 Å². The molecule has 4 heteroatoms. The largest absolute Gasteiger partial charge is 0.333 e. The summed E-state index contributed by atoms with van der Waals surface area (Å²) in [5, 5.41) is 4.49. The van der Waals surface area contributed by atoms with E-state index >= 15 is 0 Å². The first-order valence-electron chi connectivity index (χ1n) is 6.22. The molecule has 2 atom stereocenters. The first kappa shape index (κ1) is 11.1. The van der Waals surface area contributed by atoms with Crippen LogP contribution in [-0.2, 0) is 0 Å². The monoisotopic (exact) mass is 247 g/mol. The van der Waals surface area contributed by atoms with Crippen molar-refractivity contribution >= 4 is 22.6 Å². The average Bonchev–Trinajstić information content (AvgIpc) is 2.79. The second kappa shape index (κ2) is 4.69. The summed E-state index contributed by atoms with van der Waals surface area (Å²) in [7, 11) is 0. The summed E-state index contributed by atoms with van der Waals surface area (Å²) in [5.74, 6) is 2.04. The Morgan fingerprint density at radius 2 is 2.35 bits per heavy atom. The standard InChI is InChI=1S/C13H17N3S/c1-9-11(6-3-7-14-9)15-13-16-12-5-2-4-10(12)8-17-13/h3,6-7,10,12H,2,4-5,8H2,1H3,(H,15,16). The van der Waals surface area contributed by atoms with E-state index in [0.29, 0.717) is 6.04 Å². The van der Waals surface area contributed by atoms with Crippen LogP contribution >= 0.6 is 11.8 Å². The number of hydrogen-bond acceptors (Lipinski definition) is 4. The number of anilines is 1. The molecule has 2 heterocycles.